The second-order valence-electron chi connectivity index (χ2n) is 2.45. The van der Waals surface area contributed by atoms with Gasteiger partial charge in [0, 0.05) is 0 Å². The predicted octanol–water partition coefficient (Wildman–Crippen LogP) is 1.15. The zero-order valence-corrected chi connectivity index (χ0v) is 8.92. The summed E-state index contributed by atoms with van der Waals surface area (Å²) in [4.78, 5) is -0.167. The van der Waals surface area contributed by atoms with Crippen LogP contribution in [0.2, 0.25) is 0 Å². The zero-order valence-electron chi connectivity index (χ0n) is 7.00. The molecule has 1 aromatic carbocycles. The number of hydrogen-bond acceptors (Lipinski definition) is 3. The van der Waals surface area contributed by atoms with Crippen LogP contribution in [-0.4, -0.2) is 13.0 Å². The summed E-state index contributed by atoms with van der Waals surface area (Å²) in [6.07, 6.45) is 0.833. The van der Waals surface area contributed by atoms with Gasteiger partial charge in [-0.1, -0.05) is 19.1 Å². The molecule has 5 heteroatoms. The number of benzene rings is 1. The summed E-state index contributed by atoms with van der Waals surface area (Å²) in [7, 11) is -4.28. The maximum Gasteiger partial charge on any atom is 3.00 e. The average molecular weight is 241 g/mol. The molecule has 0 bridgehead atoms. The van der Waals surface area contributed by atoms with E-state index in [0.717, 1.165) is 12.0 Å². The zero-order chi connectivity index (χ0) is 9.19. The van der Waals surface area contributed by atoms with E-state index in [4.69, 9.17) is 0 Å². The molecular weight excluding hydrogens is 232 g/mol. The monoisotopic (exact) mass is 241 g/mol. The fraction of sp³-hybridized carbons (Fsp3) is 0.250. The van der Waals surface area contributed by atoms with Crippen molar-refractivity contribution < 1.29 is 30.0 Å². The average Bonchev–Trinajstić information content (AvgIpc) is 2.03. The Balaban J connectivity index is 0.00000144. The summed E-state index contributed by atoms with van der Waals surface area (Å²) in [5, 5.41) is 0. The molecule has 0 unspecified atom stereocenters. The van der Waals surface area contributed by atoms with E-state index >= 15 is 0 Å². The first-order chi connectivity index (χ1) is 5.54. The second-order valence-corrected chi connectivity index (χ2v) is 3.83. The molecule has 0 saturated heterocycles. The van der Waals surface area contributed by atoms with Crippen LogP contribution < -0.4 is 0 Å². The van der Waals surface area contributed by atoms with Gasteiger partial charge in [0.2, 0.25) is 0 Å². The minimum Gasteiger partial charge on any atom is -0.744 e. The maximum atomic E-state index is 10.5. The van der Waals surface area contributed by atoms with Gasteiger partial charge in [-0.2, -0.15) is 0 Å². The first-order valence-electron chi connectivity index (χ1n) is 3.59. The van der Waals surface area contributed by atoms with Crippen LogP contribution in [0.25, 0.3) is 0 Å². The largest absolute Gasteiger partial charge is 3.00 e. The van der Waals surface area contributed by atoms with Crippen molar-refractivity contribution in [2.45, 2.75) is 18.2 Å². The Morgan fingerprint density at radius 2 is 1.69 bits per heavy atom. The second kappa shape index (κ2) is 4.77. The van der Waals surface area contributed by atoms with Gasteiger partial charge < -0.3 is 4.55 Å². The number of aryl methyl sites for hydroxylation is 1. The van der Waals surface area contributed by atoms with Crippen LogP contribution in [0.3, 0.4) is 0 Å². The fourth-order valence-corrected chi connectivity index (χ4v) is 1.36. The maximum absolute atomic E-state index is 10.5. The Labute approximate surface area is 88.4 Å². The van der Waals surface area contributed by atoms with E-state index < -0.39 is 10.1 Å². The van der Waals surface area contributed by atoms with Gasteiger partial charge in [-0.15, -0.1) is 0 Å². The topological polar surface area (TPSA) is 57.2 Å². The van der Waals surface area contributed by atoms with Crippen molar-refractivity contribution in [1.29, 1.82) is 0 Å². The Bertz CT molecular complexity index is 355. The van der Waals surface area contributed by atoms with Gasteiger partial charge in [0.1, 0.15) is 10.1 Å². The van der Waals surface area contributed by atoms with Gasteiger partial charge in [-0.3, -0.25) is 0 Å². The molecule has 13 heavy (non-hydrogen) atoms. The van der Waals surface area contributed by atoms with Crippen LogP contribution >= 0.6 is 0 Å². The van der Waals surface area contributed by atoms with Gasteiger partial charge in [0.25, 0.3) is 0 Å². The van der Waals surface area contributed by atoms with Crippen molar-refractivity contribution in [3.63, 3.8) is 0 Å². The quantitative estimate of drug-likeness (QED) is 0.576. The third kappa shape index (κ3) is 3.48. The summed E-state index contributed by atoms with van der Waals surface area (Å²) >= 11 is 0. The Morgan fingerprint density at radius 1 is 1.23 bits per heavy atom. The van der Waals surface area contributed by atoms with Crippen LogP contribution in [0, 0.1) is 0 Å². The molecule has 0 atom stereocenters. The van der Waals surface area contributed by atoms with Crippen LogP contribution in [0.4, 0.5) is 0 Å². The molecule has 1 rings (SSSR count). The third-order valence-corrected chi connectivity index (χ3v) is 2.47. The standard InChI is InChI=1S/C8H10O3S.Fe/c1-2-7-3-5-8(6-4-7)12(9,10)11;/h3-6H,2H2,1H3,(H,9,10,11);/q;+3/p-1. The molecule has 1 radical (unpaired) electrons. The minimum absolute atomic E-state index is 0. The van der Waals surface area contributed by atoms with Crippen LogP contribution in [0.1, 0.15) is 12.5 Å². The molecule has 0 aliphatic carbocycles. The molecule has 0 amide bonds. The smallest absolute Gasteiger partial charge is 0.744 e. The van der Waals surface area contributed by atoms with Gasteiger partial charge in [-0.05, 0) is 24.1 Å². The van der Waals surface area contributed by atoms with E-state index in [-0.39, 0.29) is 22.0 Å². The van der Waals surface area contributed by atoms with Gasteiger partial charge in [0.05, 0.1) is 4.90 Å². The summed E-state index contributed by atoms with van der Waals surface area (Å²) in [5.41, 5.74) is 1.02. The molecule has 0 saturated carbocycles. The van der Waals surface area contributed by atoms with E-state index in [0.29, 0.717) is 0 Å². The van der Waals surface area contributed by atoms with Crippen molar-refractivity contribution in [2.75, 3.05) is 0 Å². The van der Waals surface area contributed by atoms with E-state index in [1.165, 1.54) is 12.1 Å². The number of rotatable bonds is 2. The summed E-state index contributed by atoms with van der Waals surface area (Å²) < 4.78 is 31.4. The minimum atomic E-state index is -4.28. The molecule has 1 aromatic rings. The molecular formula is C8H9FeO3S+2. The van der Waals surface area contributed by atoms with Crippen LogP contribution in [0.15, 0.2) is 29.2 Å². The molecule has 0 aromatic heterocycles. The first kappa shape index (κ1) is 12.6. The van der Waals surface area contributed by atoms with E-state index in [1.807, 2.05) is 6.92 Å². The molecule has 3 nitrogen and oxygen atoms in total. The SMILES string of the molecule is CCc1ccc(S(=O)(=O)[O-])cc1.[Fe+3]. The summed E-state index contributed by atoms with van der Waals surface area (Å²) in [6, 6.07) is 5.96. The van der Waals surface area contributed by atoms with Gasteiger partial charge in [0.15, 0.2) is 0 Å². The van der Waals surface area contributed by atoms with Crippen molar-refractivity contribution in [3.05, 3.63) is 29.8 Å². The predicted molar refractivity (Wildman–Crippen MR) is 43.8 cm³/mol. The van der Waals surface area contributed by atoms with E-state index in [2.05, 4.69) is 0 Å². The normalized spacial score (nSPS) is 10.6. The number of hydrogen-bond donors (Lipinski definition) is 0. The van der Waals surface area contributed by atoms with Crippen molar-refractivity contribution >= 4 is 10.1 Å². The molecule has 0 aliphatic heterocycles. The van der Waals surface area contributed by atoms with Gasteiger partial charge in [-0.25, -0.2) is 8.42 Å². The van der Waals surface area contributed by atoms with Crippen molar-refractivity contribution in [3.8, 4) is 0 Å². The van der Waals surface area contributed by atoms with Crippen molar-refractivity contribution in [2.24, 2.45) is 0 Å². The van der Waals surface area contributed by atoms with E-state index in [9.17, 15) is 13.0 Å². The summed E-state index contributed by atoms with van der Waals surface area (Å²) in [5.74, 6) is 0. The Kier molecular flexibility index (Phi) is 4.64. The summed E-state index contributed by atoms with van der Waals surface area (Å²) in [6.45, 7) is 1.96. The molecule has 0 N–H and O–H groups in total. The van der Waals surface area contributed by atoms with Crippen molar-refractivity contribution in [1.82, 2.24) is 0 Å². The Hall–Kier alpha value is -0.351. The molecule has 0 fully saturated rings. The van der Waals surface area contributed by atoms with Crippen LogP contribution in [-0.2, 0) is 33.6 Å². The molecule has 0 aliphatic rings. The van der Waals surface area contributed by atoms with E-state index in [1.54, 1.807) is 12.1 Å². The molecule has 0 heterocycles. The fourth-order valence-electron chi connectivity index (χ4n) is 0.892. The van der Waals surface area contributed by atoms with Gasteiger partial charge >= 0.3 is 17.1 Å². The Morgan fingerprint density at radius 3 is 2.00 bits per heavy atom. The molecule has 71 valence electrons. The molecule has 0 spiro atoms. The first-order valence-corrected chi connectivity index (χ1v) is 4.99. The third-order valence-electron chi connectivity index (χ3n) is 1.62. The van der Waals surface area contributed by atoms with Crippen LogP contribution in [0.5, 0.6) is 0 Å².